The van der Waals surface area contributed by atoms with Gasteiger partial charge in [-0.2, -0.15) is 0 Å². The third-order valence-electron chi connectivity index (χ3n) is 4.38. The topological polar surface area (TPSA) is 0 Å². The number of aryl methyl sites for hydroxylation is 2. The quantitative estimate of drug-likeness (QED) is 0.453. The zero-order chi connectivity index (χ0) is 14.8. The summed E-state index contributed by atoms with van der Waals surface area (Å²) in [6, 6.07) is 30.8. The molecule has 0 aliphatic heterocycles. The molecule has 0 saturated heterocycles. The summed E-state index contributed by atoms with van der Waals surface area (Å²) < 4.78 is 0. The van der Waals surface area contributed by atoms with Gasteiger partial charge >= 0.3 is 0 Å². The third-order valence-corrected chi connectivity index (χ3v) is 4.38. The summed E-state index contributed by atoms with van der Waals surface area (Å²) >= 11 is 0. The van der Waals surface area contributed by atoms with E-state index in [1.54, 1.807) is 0 Å². The fourth-order valence-electron chi connectivity index (χ4n) is 3.02. The number of hydrogen-bond donors (Lipinski definition) is 0. The van der Waals surface area contributed by atoms with E-state index >= 15 is 0 Å². The van der Waals surface area contributed by atoms with Crippen molar-refractivity contribution in [3.05, 3.63) is 96.1 Å². The monoisotopic (exact) mass is 282 g/mol. The summed E-state index contributed by atoms with van der Waals surface area (Å²) in [7, 11) is 0. The van der Waals surface area contributed by atoms with E-state index in [0.29, 0.717) is 0 Å². The predicted molar refractivity (Wildman–Crippen MR) is 93.5 cm³/mol. The van der Waals surface area contributed by atoms with E-state index in [1.807, 2.05) is 0 Å². The Morgan fingerprint density at radius 3 is 1.00 bits per heavy atom. The van der Waals surface area contributed by atoms with E-state index in [4.69, 9.17) is 0 Å². The van der Waals surface area contributed by atoms with Crippen LogP contribution in [-0.2, 0) is 12.8 Å². The van der Waals surface area contributed by atoms with E-state index in [1.165, 1.54) is 33.4 Å². The van der Waals surface area contributed by atoms with Crippen LogP contribution in [0.3, 0.4) is 0 Å². The molecular formula is C22H18. The largest absolute Gasteiger partial charge is 0.0610 e. The number of hydrogen-bond acceptors (Lipinski definition) is 0. The Morgan fingerprint density at radius 1 is 0.364 bits per heavy atom. The van der Waals surface area contributed by atoms with Crippen LogP contribution in [0.15, 0.2) is 84.9 Å². The Bertz CT molecular complexity index is 710. The molecule has 0 aromatic rings. The molecule has 4 aliphatic rings. The van der Waals surface area contributed by atoms with Crippen molar-refractivity contribution in [1.29, 1.82) is 0 Å². The molecular weight excluding hydrogens is 264 g/mol. The maximum absolute atomic E-state index is 2.25. The van der Waals surface area contributed by atoms with Crippen LogP contribution in [-0.4, -0.2) is 0 Å². The van der Waals surface area contributed by atoms with Gasteiger partial charge in [-0.15, -0.1) is 0 Å². The summed E-state index contributed by atoms with van der Waals surface area (Å²) in [6.07, 6.45) is 2.15. The second kappa shape index (κ2) is 5.65. The standard InChI is InChI=1S/C22H18/c1-3-19-13-9-17(10-14-20(19)4-1)7-8-18-11-15-21-5-2-6-22(21)16-12-18/h1-6,9-16H,7-8H2. The Labute approximate surface area is 131 Å². The lowest BCUT2D eigenvalue weighted by Gasteiger charge is -1.98. The third kappa shape index (κ3) is 2.60. The molecule has 0 heterocycles. The normalized spacial score (nSPS) is 11.1. The van der Waals surface area contributed by atoms with Gasteiger partial charge in [0.15, 0.2) is 0 Å². The minimum absolute atomic E-state index is 1.07. The molecule has 0 unspecified atom stereocenters. The second-order valence-corrected chi connectivity index (χ2v) is 5.86. The molecule has 0 bridgehead atoms. The highest BCUT2D eigenvalue weighted by atomic mass is 14.1. The first-order chi connectivity index (χ1) is 10.9. The predicted octanol–water partition coefficient (Wildman–Crippen LogP) is 5.68. The molecule has 0 atom stereocenters. The first kappa shape index (κ1) is 13.1. The zero-order valence-corrected chi connectivity index (χ0v) is 12.5. The van der Waals surface area contributed by atoms with Gasteiger partial charge in [-0.1, -0.05) is 84.9 Å². The highest BCUT2D eigenvalue weighted by Crippen LogP contribution is 2.23. The molecule has 0 saturated carbocycles. The van der Waals surface area contributed by atoms with Crippen LogP contribution in [0, 0.1) is 0 Å². The van der Waals surface area contributed by atoms with Crippen LogP contribution in [0.5, 0.6) is 0 Å². The molecule has 0 N–H and O–H groups in total. The summed E-state index contributed by atoms with van der Waals surface area (Å²) in [5.41, 5.74) is 8.04. The second-order valence-electron chi connectivity index (χ2n) is 5.86. The number of rotatable bonds is 3. The molecule has 0 heteroatoms. The molecule has 0 radical (unpaired) electrons. The fourth-order valence-corrected chi connectivity index (χ4v) is 3.02. The van der Waals surface area contributed by atoms with Gasteiger partial charge in [0, 0.05) is 0 Å². The van der Waals surface area contributed by atoms with Gasteiger partial charge in [0.2, 0.25) is 0 Å². The van der Waals surface area contributed by atoms with E-state index in [-0.39, 0.29) is 0 Å². The Hall–Kier alpha value is -2.60. The Kier molecular flexibility index (Phi) is 3.36. The lowest BCUT2D eigenvalue weighted by molar-refractivity contribution is 0.964. The van der Waals surface area contributed by atoms with Gasteiger partial charge in [0.25, 0.3) is 0 Å². The lowest BCUT2D eigenvalue weighted by atomic mass is 10.1. The summed E-state index contributed by atoms with van der Waals surface area (Å²) in [5.74, 6) is 0. The van der Waals surface area contributed by atoms with Crippen LogP contribution in [0.2, 0.25) is 0 Å². The van der Waals surface area contributed by atoms with E-state index < -0.39 is 0 Å². The van der Waals surface area contributed by atoms with Crippen LogP contribution in [0.25, 0.3) is 22.3 Å². The smallest absolute Gasteiger partial charge is 0.0184 e. The van der Waals surface area contributed by atoms with Gasteiger partial charge in [-0.25, -0.2) is 0 Å². The van der Waals surface area contributed by atoms with Crippen LogP contribution in [0.4, 0.5) is 0 Å². The highest BCUT2D eigenvalue weighted by molar-refractivity contribution is 5.66. The fraction of sp³-hybridized carbons (Fsp3) is 0.0909. The molecule has 0 aromatic carbocycles. The van der Waals surface area contributed by atoms with Crippen molar-refractivity contribution >= 4 is 0 Å². The molecule has 106 valence electrons. The van der Waals surface area contributed by atoms with Crippen molar-refractivity contribution in [3.63, 3.8) is 0 Å². The van der Waals surface area contributed by atoms with E-state index in [9.17, 15) is 0 Å². The molecule has 22 heavy (non-hydrogen) atoms. The van der Waals surface area contributed by atoms with Crippen LogP contribution in [0.1, 0.15) is 11.1 Å². The molecule has 4 rings (SSSR count). The minimum atomic E-state index is 1.07. The van der Waals surface area contributed by atoms with Gasteiger partial charge in [0.05, 0.1) is 0 Å². The lowest BCUT2D eigenvalue weighted by Crippen LogP contribution is -1.88. The van der Waals surface area contributed by atoms with Crippen molar-refractivity contribution < 1.29 is 0 Å². The average Bonchev–Trinajstić information content (AvgIpc) is 3.08. The Morgan fingerprint density at radius 2 is 0.682 bits per heavy atom. The first-order valence-corrected chi connectivity index (χ1v) is 7.84. The maximum Gasteiger partial charge on any atom is -0.0184 e. The van der Waals surface area contributed by atoms with Gasteiger partial charge in [-0.05, 0) is 46.2 Å². The van der Waals surface area contributed by atoms with Gasteiger partial charge in [-0.3, -0.25) is 0 Å². The molecule has 4 aliphatic carbocycles. The van der Waals surface area contributed by atoms with Crippen LogP contribution < -0.4 is 0 Å². The summed E-state index contributed by atoms with van der Waals surface area (Å²) in [6.45, 7) is 0. The van der Waals surface area contributed by atoms with Crippen LogP contribution >= 0.6 is 0 Å². The average molecular weight is 282 g/mol. The molecule has 0 nitrogen and oxygen atoms in total. The molecule has 0 amide bonds. The Balaban J connectivity index is 1.55. The zero-order valence-electron chi connectivity index (χ0n) is 12.5. The highest BCUT2D eigenvalue weighted by Gasteiger charge is 2.02. The van der Waals surface area contributed by atoms with Gasteiger partial charge in [0.1, 0.15) is 0 Å². The molecule has 0 spiro atoms. The summed E-state index contributed by atoms with van der Waals surface area (Å²) in [4.78, 5) is 0. The maximum atomic E-state index is 2.25. The van der Waals surface area contributed by atoms with E-state index in [2.05, 4.69) is 84.9 Å². The molecule has 0 fully saturated rings. The van der Waals surface area contributed by atoms with Crippen molar-refractivity contribution in [3.8, 4) is 22.3 Å². The summed E-state index contributed by atoms with van der Waals surface area (Å²) in [5, 5.41) is 0. The SMILES string of the molecule is c1cc2ccc(CCc3ccc4cccc-4cc3)ccc-2c1. The minimum Gasteiger partial charge on any atom is -0.0610 e. The first-order valence-electron chi connectivity index (χ1n) is 7.84. The molecule has 0 aromatic heterocycles. The van der Waals surface area contributed by atoms with Crippen molar-refractivity contribution in [2.75, 3.05) is 0 Å². The van der Waals surface area contributed by atoms with E-state index in [0.717, 1.165) is 12.8 Å². The van der Waals surface area contributed by atoms with Crippen molar-refractivity contribution in [1.82, 2.24) is 0 Å². The van der Waals surface area contributed by atoms with Crippen molar-refractivity contribution in [2.45, 2.75) is 12.8 Å². The number of fused-ring (bicyclic) bond motifs is 2. The van der Waals surface area contributed by atoms with Gasteiger partial charge < -0.3 is 0 Å². The van der Waals surface area contributed by atoms with Crippen molar-refractivity contribution in [2.24, 2.45) is 0 Å².